The number of hydrogen-bond acceptors (Lipinski definition) is 2. The molecule has 0 radical (unpaired) electrons. The summed E-state index contributed by atoms with van der Waals surface area (Å²) in [5.41, 5.74) is 6.52. The summed E-state index contributed by atoms with van der Waals surface area (Å²) in [5.74, 6) is -0.551. The first kappa shape index (κ1) is 14.0. The first-order valence-corrected chi connectivity index (χ1v) is 5.66. The molecule has 0 aliphatic heterocycles. The van der Waals surface area contributed by atoms with E-state index >= 15 is 0 Å². The van der Waals surface area contributed by atoms with E-state index in [1.165, 1.54) is 12.1 Å². The van der Waals surface area contributed by atoms with Crippen molar-refractivity contribution in [1.29, 1.82) is 5.41 Å². The third-order valence-corrected chi connectivity index (χ3v) is 2.37. The lowest BCUT2D eigenvalue weighted by molar-refractivity contribution is 0.335. The predicted molar refractivity (Wildman–Crippen MR) is 71.5 cm³/mol. The Kier molecular flexibility index (Phi) is 5.11. The Morgan fingerprint density at radius 1 is 1.56 bits per heavy atom. The summed E-state index contributed by atoms with van der Waals surface area (Å²) in [6.45, 7) is 5.94. The van der Waals surface area contributed by atoms with E-state index in [0.717, 1.165) is 12.0 Å². The van der Waals surface area contributed by atoms with Crippen molar-refractivity contribution in [2.24, 2.45) is 5.73 Å². The molecule has 3 N–H and O–H groups in total. The maximum Gasteiger partial charge on any atom is 0.165 e. The summed E-state index contributed by atoms with van der Waals surface area (Å²) >= 11 is 0. The summed E-state index contributed by atoms with van der Waals surface area (Å²) in [5, 5.41) is 7.21. The summed E-state index contributed by atoms with van der Waals surface area (Å²) in [6.07, 6.45) is 4.52. The molecule has 0 aliphatic carbocycles. The van der Waals surface area contributed by atoms with Crippen LogP contribution in [0.5, 0.6) is 5.75 Å². The third kappa shape index (κ3) is 3.73. The van der Waals surface area contributed by atoms with Crippen molar-refractivity contribution >= 4 is 5.84 Å². The van der Waals surface area contributed by atoms with Gasteiger partial charge in [-0.15, -0.1) is 0 Å². The highest BCUT2D eigenvalue weighted by Crippen LogP contribution is 2.19. The molecule has 0 aromatic heterocycles. The van der Waals surface area contributed by atoms with Gasteiger partial charge in [0, 0.05) is 5.56 Å². The second-order valence-corrected chi connectivity index (χ2v) is 3.74. The molecule has 0 unspecified atom stereocenters. The van der Waals surface area contributed by atoms with Gasteiger partial charge in [-0.05, 0) is 30.2 Å². The first-order valence-electron chi connectivity index (χ1n) is 5.66. The van der Waals surface area contributed by atoms with E-state index in [1.54, 1.807) is 12.1 Å². The Hall–Kier alpha value is -2.10. The number of rotatable bonds is 6. The van der Waals surface area contributed by atoms with Gasteiger partial charge in [-0.1, -0.05) is 25.7 Å². The van der Waals surface area contributed by atoms with Crippen LogP contribution in [0.3, 0.4) is 0 Å². The summed E-state index contributed by atoms with van der Waals surface area (Å²) in [7, 11) is 0. The van der Waals surface area contributed by atoms with E-state index < -0.39 is 5.82 Å². The van der Waals surface area contributed by atoms with Crippen LogP contribution in [0.4, 0.5) is 4.39 Å². The Balaban J connectivity index is 2.77. The molecule has 1 aromatic rings. The first-order chi connectivity index (χ1) is 8.58. The van der Waals surface area contributed by atoms with E-state index in [2.05, 4.69) is 6.58 Å². The number of nitrogen functional groups attached to an aromatic ring is 1. The van der Waals surface area contributed by atoms with Gasteiger partial charge in [0.25, 0.3) is 0 Å². The van der Waals surface area contributed by atoms with Crippen molar-refractivity contribution in [3.8, 4) is 5.75 Å². The zero-order chi connectivity index (χ0) is 13.5. The third-order valence-electron chi connectivity index (χ3n) is 2.37. The van der Waals surface area contributed by atoms with Gasteiger partial charge in [0.05, 0.1) is 0 Å². The molecule has 4 heteroatoms. The molecule has 1 aromatic carbocycles. The highest BCUT2D eigenvalue weighted by molar-refractivity contribution is 5.95. The fraction of sp³-hybridized carbons (Fsp3) is 0.214. The number of halogens is 1. The number of allylic oxidation sites excluding steroid dienone is 1. The number of amidine groups is 1. The molecular formula is C14H17FN2O. The van der Waals surface area contributed by atoms with Gasteiger partial charge in [0.2, 0.25) is 0 Å². The summed E-state index contributed by atoms with van der Waals surface area (Å²) in [4.78, 5) is 0. The van der Waals surface area contributed by atoms with Crippen LogP contribution < -0.4 is 10.5 Å². The second kappa shape index (κ2) is 6.59. The molecule has 0 bridgehead atoms. The van der Waals surface area contributed by atoms with Crippen molar-refractivity contribution in [2.45, 2.75) is 13.3 Å². The van der Waals surface area contributed by atoms with Gasteiger partial charge in [-0.2, -0.15) is 0 Å². The molecule has 3 nitrogen and oxygen atoms in total. The van der Waals surface area contributed by atoms with Crippen molar-refractivity contribution in [2.75, 3.05) is 6.61 Å². The molecule has 0 amide bonds. The number of benzene rings is 1. The van der Waals surface area contributed by atoms with Gasteiger partial charge in [-0.25, -0.2) is 4.39 Å². The molecule has 0 saturated carbocycles. The molecule has 0 saturated heterocycles. The molecule has 0 spiro atoms. The zero-order valence-corrected chi connectivity index (χ0v) is 10.4. The van der Waals surface area contributed by atoms with Gasteiger partial charge in [-0.3, -0.25) is 5.41 Å². The van der Waals surface area contributed by atoms with E-state index in [-0.39, 0.29) is 18.2 Å². The number of ether oxygens (including phenoxy) is 1. The highest BCUT2D eigenvalue weighted by Gasteiger charge is 2.06. The molecule has 0 heterocycles. The van der Waals surface area contributed by atoms with Crippen molar-refractivity contribution in [3.63, 3.8) is 0 Å². The zero-order valence-electron chi connectivity index (χ0n) is 10.4. The minimum atomic E-state index is -0.525. The van der Waals surface area contributed by atoms with Crippen LogP contribution in [0.2, 0.25) is 0 Å². The maximum absolute atomic E-state index is 13.6. The normalized spacial score (nSPS) is 11.1. The van der Waals surface area contributed by atoms with Crippen molar-refractivity contribution in [1.82, 2.24) is 0 Å². The molecule has 0 fully saturated rings. The van der Waals surface area contributed by atoms with Gasteiger partial charge >= 0.3 is 0 Å². The Morgan fingerprint density at radius 2 is 2.28 bits per heavy atom. The quantitative estimate of drug-likeness (QED) is 0.462. The lowest BCUT2D eigenvalue weighted by Crippen LogP contribution is -2.11. The average molecular weight is 248 g/mol. The van der Waals surface area contributed by atoms with Crippen molar-refractivity contribution in [3.05, 3.63) is 53.9 Å². The summed E-state index contributed by atoms with van der Waals surface area (Å²) in [6, 6.07) is 4.21. The van der Waals surface area contributed by atoms with Crippen LogP contribution >= 0.6 is 0 Å². The number of nitrogens with two attached hydrogens (primary N) is 1. The Morgan fingerprint density at radius 3 is 2.78 bits per heavy atom. The predicted octanol–water partition coefficient (Wildman–Crippen LogP) is 3.01. The van der Waals surface area contributed by atoms with Crippen LogP contribution in [0, 0.1) is 11.2 Å². The van der Waals surface area contributed by atoms with Crippen molar-refractivity contribution < 1.29 is 9.13 Å². The fourth-order valence-corrected chi connectivity index (χ4v) is 1.41. The Labute approximate surface area is 106 Å². The fourth-order valence-electron chi connectivity index (χ4n) is 1.41. The highest BCUT2D eigenvalue weighted by atomic mass is 19.1. The topological polar surface area (TPSA) is 59.1 Å². The van der Waals surface area contributed by atoms with Crippen LogP contribution in [-0.2, 0) is 0 Å². The SMILES string of the molecule is C=C/C(=C\CC)COc1ccc(C(=N)N)cc1F. The van der Waals surface area contributed by atoms with Crippen LogP contribution in [0.1, 0.15) is 18.9 Å². The minimum Gasteiger partial charge on any atom is -0.486 e. The van der Waals surface area contributed by atoms with Crippen LogP contribution in [0.15, 0.2) is 42.5 Å². The number of nitrogens with one attached hydrogen (secondary N) is 1. The molecule has 0 atom stereocenters. The lowest BCUT2D eigenvalue weighted by Gasteiger charge is -2.09. The van der Waals surface area contributed by atoms with Crippen LogP contribution in [-0.4, -0.2) is 12.4 Å². The van der Waals surface area contributed by atoms with Gasteiger partial charge in [0.15, 0.2) is 11.6 Å². The molecule has 18 heavy (non-hydrogen) atoms. The lowest BCUT2D eigenvalue weighted by atomic mass is 10.2. The molecule has 0 aliphatic rings. The van der Waals surface area contributed by atoms with Gasteiger partial charge in [0.1, 0.15) is 12.4 Å². The van der Waals surface area contributed by atoms with E-state index in [0.29, 0.717) is 5.56 Å². The summed E-state index contributed by atoms with van der Waals surface area (Å²) < 4.78 is 19.0. The molecule has 96 valence electrons. The molecular weight excluding hydrogens is 231 g/mol. The average Bonchev–Trinajstić information content (AvgIpc) is 2.35. The molecule has 1 rings (SSSR count). The number of hydrogen-bond donors (Lipinski definition) is 2. The van der Waals surface area contributed by atoms with Gasteiger partial charge < -0.3 is 10.5 Å². The van der Waals surface area contributed by atoms with Crippen LogP contribution in [0.25, 0.3) is 0 Å². The van der Waals surface area contributed by atoms with E-state index in [1.807, 2.05) is 13.0 Å². The standard InChI is InChI=1S/C14H17FN2O/c1-3-5-10(4-2)9-18-13-7-6-11(14(16)17)8-12(13)15/h4-8H,2-3,9H2,1H3,(H3,16,17)/b10-5+. The monoisotopic (exact) mass is 248 g/mol. The largest absolute Gasteiger partial charge is 0.486 e. The van der Waals surface area contributed by atoms with E-state index in [9.17, 15) is 4.39 Å². The second-order valence-electron chi connectivity index (χ2n) is 3.74. The Bertz CT molecular complexity index is 481. The van der Waals surface area contributed by atoms with E-state index in [4.69, 9.17) is 15.9 Å². The smallest absolute Gasteiger partial charge is 0.165 e. The minimum absolute atomic E-state index is 0.142. The maximum atomic E-state index is 13.6.